The summed E-state index contributed by atoms with van der Waals surface area (Å²) in [5.74, 6) is -0.866. The summed E-state index contributed by atoms with van der Waals surface area (Å²) in [4.78, 5) is 37.8. The fraction of sp³-hybridized carbons (Fsp3) is 0.914. The molecule has 0 aromatic rings. The van der Waals surface area contributed by atoms with Gasteiger partial charge in [-0.15, -0.1) is 0 Å². The minimum atomic E-state index is -0.766. The largest absolute Gasteiger partial charge is 0.462 e. The molecule has 64 heavy (non-hydrogen) atoms. The number of rotatable bonds is 53. The third-order valence-corrected chi connectivity index (χ3v) is 13.0. The van der Waals surface area contributed by atoms with Crippen LogP contribution >= 0.6 is 0 Å². The van der Waals surface area contributed by atoms with E-state index in [0.29, 0.717) is 19.3 Å². The molecule has 0 amide bonds. The molecule has 6 nitrogen and oxygen atoms in total. The molecule has 1 unspecified atom stereocenters. The van der Waals surface area contributed by atoms with E-state index in [0.717, 1.165) is 64.2 Å². The SMILES string of the molecule is CCCC/C=C\CCCCCCCC(=O)OC(COC(=O)CCCCCCCCCC)COC(=O)CCCCCCCCCCCCCCCCCCCCCCCCCCCCC. The van der Waals surface area contributed by atoms with Gasteiger partial charge in [0.1, 0.15) is 13.2 Å². The van der Waals surface area contributed by atoms with Crippen LogP contribution in [0.5, 0.6) is 0 Å². The molecule has 0 saturated carbocycles. The third-order valence-electron chi connectivity index (χ3n) is 13.0. The molecule has 0 aromatic carbocycles. The van der Waals surface area contributed by atoms with Gasteiger partial charge in [0.15, 0.2) is 6.10 Å². The molecular weight excluding hydrogens is 793 g/mol. The smallest absolute Gasteiger partial charge is 0.306 e. The minimum absolute atomic E-state index is 0.0686. The van der Waals surface area contributed by atoms with Crippen molar-refractivity contribution in [3.63, 3.8) is 0 Å². The predicted molar refractivity (Wildman–Crippen MR) is 275 cm³/mol. The number of ether oxygens (including phenoxy) is 3. The predicted octanol–water partition coefficient (Wildman–Crippen LogP) is 18.9. The molecule has 1 atom stereocenters. The van der Waals surface area contributed by atoms with Crippen LogP contribution in [0.25, 0.3) is 0 Å². The van der Waals surface area contributed by atoms with E-state index >= 15 is 0 Å². The molecule has 0 rings (SSSR count). The van der Waals surface area contributed by atoms with E-state index in [1.807, 2.05) is 0 Å². The van der Waals surface area contributed by atoms with Crippen LogP contribution in [0.4, 0.5) is 0 Å². The Morgan fingerprint density at radius 2 is 0.531 bits per heavy atom. The van der Waals surface area contributed by atoms with E-state index in [1.54, 1.807) is 0 Å². The van der Waals surface area contributed by atoms with Crippen molar-refractivity contribution in [3.8, 4) is 0 Å². The lowest BCUT2D eigenvalue weighted by Gasteiger charge is -2.18. The standard InChI is InChI=1S/C58H110O6/c1-4-7-10-13-16-19-21-22-23-24-25-26-27-28-29-30-31-32-33-34-35-36-38-39-42-45-48-51-57(60)63-54-55(53-62-56(59)50-47-44-41-18-15-12-9-6-3)64-58(61)52-49-46-43-40-37-20-17-14-11-8-5-2/h14,17,55H,4-13,15-16,18-54H2,1-3H3/b17-14-. The molecule has 0 aliphatic heterocycles. The van der Waals surface area contributed by atoms with Gasteiger partial charge >= 0.3 is 17.9 Å². The van der Waals surface area contributed by atoms with Gasteiger partial charge in [0, 0.05) is 19.3 Å². The monoisotopic (exact) mass is 903 g/mol. The maximum atomic E-state index is 12.7. The van der Waals surface area contributed by atoms with Crippen LogP contribution in [0.2, 0.25) is 0 Å². The van der Waals surface area contributed by atoms with Crippen LogP contribution < -0.4 is 0 Å². The van der Waals surface area contributed by atoms with E-state index in [2.05, 4.69) is 32.9 Å². The van der Waals surface area contributed by atoms with Gasteiger partial charge in [0.25, 0.3) is 0 Å². The van der Waals surface area contributed by atoms with Crippen molar-refractivity contribution in [3.05, 3.63) is 12.2 Å². The van der Waals surface area contributed by atoms with Gasteiger partial charge < -0.3 is 14.2 Å². The van der Waals surface area contributed by atoms with Gasteiger partial charge in [0.05, 0.1) is 0 Å². The quantitative estimate of drug-likeness (QED) is 0.0262. The molecule has 0 aliphatic carbocycles. The van der Waals surface area contributed by atoms with Crippen LogP contribution in [0.15, 0.2) is 12.2 Å². The van der Waals surface area contributed by atoms with Crippen molar-refractivity contribution in [1.29, 1.82) is 0 Å². The van der Waals surface area contributed by atoms with Crippen molar-refractivity contribution in [2.24, 2.45) is 0 Å². The van der Waals surface area contributed by atoms with Gasteiger partial charge in [0.2, 0.25) is 0 Å². The highest BCUT2D eigenvalue weighted by molar-refractivity contribution is 5.71. The summed E-state index contributed by atoms with van der Waals surface area (Å²) in [6.45, 7) is 6.61. The van der Waals surface area contributed by atoms with Crippen LogP contribution in [0, 0.1) is 0 Å². The van der Waals surface area contributed by atoms with Crippen molar-refractivity contribution in [2.75, 3.05) is 13.2 Å². The van der Waals surface area contributed by atoms with Crippen LogP contribution in [-0.4, -0.2) is 37.2 Å². The highest BCUT2D eigenvalue weighted by Crippen LogP contribution is 2.17. The molecule has 0 fully saturated rings. The van der Waals surface area contributed by atoms with E-state index in [1.165, 1.54) is 218 Å². The Morgan fingerprint density at radius 3 is 0.828 bits per heavy atom. The summed E-state index contributed by atoms with van der Waals surface area (Å²) in [5.41, 5.74) is 0. The molecule has 378 valence electrons. The van der Waals surface area contributed by atoms with E-state index in [-0.39, 0.29) is 31.1 Å². The van der Waals surface area contributed by atoms with Gasteiger partial charge in [-0.2, -0.15) is 0 Å². The first-order valence-electron chi connectivity index (χ1n) is 28.7. The topological polar surface area (TPSA) is 78.9 Å². The Labute approximate surface area is 399 Å². The molecule has 0 spiro atoms. The summed E-state index contributed by atoms with van der Waals surface area (Å²) in [6, 6.07) is 0. The van der Waals surface area contributed by atoms with E-state index < -0.39 is 6.10 Å². The van der Waals surface area contributed by atoms with Crippen LogP contribution in [0.1, 0.15) is 323 Å². The maximum Gasteiger partial charge on any atom is 0.306 e. The summed E-state index contributed by atoms with van der Waals surface area (Å²) < 4.78 is 16.8. The number of carbonyl (C=O) groups excluding carboxylic acids is 3. The molecule has 0 N–H and O–H groups in total. The first-order chi connectivity index (χ1) is 31.5. The summed E-state index contributed by atoms with van der Waals surface area (Å²) in [7, 11) is 0. The Bertz CT molecular complexity index is 993. The molecule has 0 heterocycles. The zero-order valence-corrected chi connectivity index (χ0v) is 43.3. The molecule has 6 heteroatoms. The number of carbonyl (C=O) groups is 3. The molecule has 0 aromatic heterocycles. The first-order valence-corrected chi connectivity index (χ1v) is 28.7. The van der Waals surface area contributed by atoms with Crippen molar-refractivity contribution < 1.29 is 28.6 Å². The van der Waals surface area contributed by atoms with Crippen LogP contribution in [-0.2, 0) is 28.6 Å². The zero-order chi connectivity index (χ0) is 46.5. The van der Waals surface area contributed by atoms with Gasteiger partial charge in [-0.1, -0.05) is 277 Å². The second kappa shape index (κ2) is 53.8. The second-order valence-electron chi connectivity index (χ2n) is 19.6. The number of hydrogen-bond donors (Lipinski definition) is 0. The Morgan fingerprint density at radius 1 is 0.297 bits per heavy atom. The molecular formula is C58H110O6. The van der Waals surface area contributed by atoms with E-state index in [9.17, 15) is 14.4 Å². The van der Waals surface area contributed by atoms with Crippen molar-refractivity contribution in [1.82, 2.24) is 0 Å². The fourth-order valence-electron chi connectivity index (χ4n) is 8.66. The summed E-state index contributed by atoms with van der Waals surface area (Å²) in [5, 5.41) is 0. The average Bonchev–Trinajstić information content (AvgIpc) is 3.29. The Hall–Kier alpha value is -1.85. The average molecular weight is 904 g/mol. The molecule has 0 bridgehead atoms. The molecule has 0 saturated heterocycles. The maximum absolute atomic E-state index is 12.7. The summed E-state index contributed by atoms with van der Waals surface area (Å²) in [6.07, 6.45) is 61.0. The Balaban J connectivity index is 4.00. The van der Waals surface area contributed by atoms with Crippen molar-refractivity contribution >= 4 is 17.9 Å². The minimum Gasteiger partial charge on any atom is -0.462 e. The number of hydrogen-bond acceptors (Lipinski definition) is 6. The molecule has 0 radical (unpaired) electrons. The molecule has 0 aliphatic rings. The van der Waals surface area contributed by atoms with E-state index in [4.69, 9.17) is 14.2 Å². The van der Waals surface area contributed by atoms with Crippen molar-refractivity contribution in [2.45, 2.75) is 329 Å². The van der Waals surface area contributed by atoms with Crippen LogP contribution in [0.3, 0.4) is 0 Å². The number of allylic oxidation sites excluding steroid dienone is 2. The third kappa shape index (κ3) is 51.1. The first kappa shape index (κ1) is 62.1. The second-order valence-corrected chi connectivity index (χ2v) is 19.6. The summed E-state index contributed by atoms with van der Waals surface area (Å²) >= 11 is 0. The normalized spacial score (nSPS) is 12.0. The lowest BCUT2D eigenvalue weighted by atomic mass is 10.0. The highest BCUT2D eigenvalue weighted by atomic mass is 16.6. The fourth-order valence-corrected chi connectivity index (χ4v) is 8.66. The number of esters is 3. The highest BCUT2D eigenvalue weighted by Gasteiger charge is 2.19. The van der Waals surface area contributed by atoms with Gasteiger partial charge in [-0.25, -0.2) is 0 Å². The van der Waals surface area contributed by atoms with Gasteiger partial charge in [-0.3, -0.25) is 14.4 Å². The lowest BCUT2D eigenvalue weighted by Crippen LogP contribution is -2.30. The Kier molecular flexibility index (Phi) is 52.2. The number of unbranched alkanes of at least 4 members (excludes halogenated alkanes) is 40. The zero-order valence-electron chi connectivity index (χ0n) is 43.3. The van der Waals surface area contributed by atoms with Gasteiger partial charge in [-0.05, 0) is 38.5 Å². The lowest BCUT2D eigenvalue weighted by molar-refractivity contribution is -0.167.